The second-order valence-electron chi connectivity index (χ2n) is 10.4. The van der Waals surface area contributed by atoms with Crippen LogP contribution in [0.1, 0.15) is 38.8 Å². The first-order valence-electron chi connectivity index (χ1n) is 13.1. The van der Waals surface area contributed by atoms with Crippen molar-refractivity contribution in [3.8, 4) is 0 Å². The third kappa shape index (κ3) is 7.70. The fourth-order valence-corrected chi connectivity index (χ4v) is 5.55. The van der Waals surface area contributed by atoms with Crippen molar-refractivity contribution in [2.24, 2.45) is 5.92 Å². The first-order chi connectivity index (χ1) is 18.8. The second-order valence-corrected chi connectivity index (χ2v) is 12.3. The molecular weight excluding hydrogens is 534 g/mol. The smallest absolute Gasteiger partial charge is 0.337 e. The van der Waals surface area contributed by atoms with Gasteiger partial charge in [0.25, 0.3) is 5.91 Å². The Hall–Kier alpha value is -3.70. The van der Waals surface area contributed by atoms with E-state index < -0.39 is 58.6 Å². The maximum absolute atomic E-state index is 13.8. The average Bonchev–Trinajstić information content (AvgIpc) is 2.88. The molecule has 0 aromatic heterocycles. The Morgan fingerprint density at radius 2 is 1.57 bits per heavy atom. The summed E-state index contributed by atoms with van der Waals surface area (Å²) in [5.74, 6) is -2.46. The summed E-state index contributed by atoms with van der Waals surface area (Å²) < 4.78 is 31.5. The summed E-state index contributed by atoms with van der Waals surface area (Å²) in [6.07, 6.45) is 0.415. The van der Waals surface area contributed by atoms with Gasteiger partial charge in [0.1, 0.15) is 12.6 Å². The van der Waals surface area contributed by atoms with E-state index in [0.29, 0.717) is 5.56 Å². The molecule has 1 aliphatic rings. The quantitative estimate of drug-likeness (QED) is 0.395. The fourth-order valence-electron chi connectivity index (χ4n) is 4.51. The number of aliphatic hydroxyl groups is 1. The minimum absolute atomic E-state index is 0.132. The number of nitrogens with one attached hydrogen (secondary N) is 1. The van der Waals surface area contributed by atoms with Crippen LogP contribution in [0.3, 0.4) is 0 Å². The molecule has 2 N–H and O–H groups in total. The predicted molar refractivity (Wildman–Crippen MR) is 151 cm³/mol. The van der Waals surface area contributed by atoms with E-state index in [1.54, 1.807) is 82.3 Å². The van der Waals surface area contributed by atoms with Gasteiger partial charge in [-0.25, -0.2) is 13.2 Å². The molecule has 0 saturated carbocycles. The molecular formula is C29H37N3O7S. The SMILES string of the molecule is CC(C)OC(=O)C(O)[C@H](Cc1ccccc1)NC(=O)CN1C(=O)C(C(C)C)N(S(C)(=O)=O)C=C1c1ccccc1. The van der Waals surface area contributed by atoms with Crippen molar-refractivity contribution < 1.29 is 32.6 Å². The monoisotopic (exact) mass is 571 g/mol. The molecule has 0 bridgehead atoms. The molecule has 2 aromatic carbocycles. The van der Waals surface area contributed by atoms with E-state index in [2.05, 4.69) is 5.32 Å². The first kappa shape index (κ1) is 30.8. The topological polar surface area (TPSA) is 133 Å². The Kier molecular flexibility index (Phi) is 10.1. The number of carbonyl (C=O) groups excluding carboxylic acids is 3. The van der Waals surface area contributed by atoms with Gasteiger partial charge in [0.2, 0.25) is 15.9 Å². The summed E-state index contributed by atoms with van der Waals surface area (Å²) in [4.78, 5) is 40.9. The summed E-state index contributed by atoms with van der Waals surface area (Å²) >= 11 is 0. The summed E-state index contributed by atoms with van der Waals surface area (Å²) in [6, 6.07) is 15.6. The van der Waals surface area contributed by atoms with Gasteiger partial charge < -0.3 is 15.2 Å². The molecule has 0 radical (unpaired) electrons. The maximum Gasteiger partial charge on any atom is 0.337 e. The Bertz CT molecular complexity index is 1330. The largest absolute Gasteiger partial charge is 0.461 e. The minimum Gasteiger partial charge on any atom is -0.461 e. The van der Waals surface area contributed by atoms with Crippen LogP contribution in [0.15, 0.2) is 66.9 Å². The third-order valence-electron chi connectivity index (χ3n) is 6.34. The molecule has 2 unspecified atom stereocenters. The molecule has 2 aromatic rings. The number of rotatable bonds is 11. The Morgan fingerprint density at radius 3 is 2.10 bits per heavy atom. The van der Waals surface area contributed by atoms with Gasteiger partial charge >= 0.3 is 5.97 Å². The van der Waals surface area contributed by atoms with Gasteiger partial charge in [0, 0.05) is 6.20 Å². The molecule has 10 nitrogen and oxygen atoms in total. The zero-order valence-corrected chi connectivity index (χ0v) is 24.2. The summed E-state index contributed by atoms with van der Waals surface area (Å²) in [5.41, 5.74) is 1.55. The van der Waals surface area contributed by atoms with Gasteiger partial charge in [-0.3, -0.25) is 18.8 Å². The molecule has 3 atom stereocenters. The standard InChI is InChI=1S/C29H37N3O7S/c1-19(2)26-28(35)31(24(17-32(26)40(5,37)38)22-14-10-7-11-15-22)18-25(33)30-23(16-21-12-8-6-9-13-21)27(34)29(36)39-20(3)4/h6-15,17,19-20,23,26-27,34H,16,18H2,1-5H3,(H,30,33)/t23-,26?,27?/m0/s1. The zero-order valence-electron chi connectivity index (χ0n) is 23.4. The minimum atomic E-state index is -3.81. The number of esters is 1. The molecule has 0 aliphatic carbocycles. The normalized spacial score (nSPS) is 17.4. The maximum atomic E-state index is 13.8. The van der Waals surface area contributed by atoms with Gasteiger partial charge in [-0.1, -0.05) is 74.5 Å². The zero-order chi connectivity index (χ0) is 29.6. The third-order valence-corrected chi connectivity index (χ3v) is 7.44. The average molecular weight is 572 g/mol. The number of carbonyl (C=O) groups is 3. The first-order valence-corrected chi connectivity index (χ1v) is 14.9. The highest BCUT2D eigenvalue weighted by Crippen LogP contribution is 2.31. The van der Waals surface area contributed by atoms with E-state index in [4.69, 9.17) is 4.74 Å². The lowest BCUT2D eigenvalue weighted by Crippen LogP contribution is -2.57. The van der Waals surface area contributed by atoms with Crippen molar-refractivity contribution in [3.05, 3.63) is 78.0 Å². The molecule has 0 spiro atoms. The van der Waals surface area contributed by atoms with E-state index in [0.717, 1.165) is 16.1 Å². The number of amides is 2. The van der Waals surface area contributed by atoms with Gasteiger partial charge in [-0.15, -0.1) is 0 Å². The van der Waals surface area contributed by atoms with Crippen LogP contribution in [0.5, 0.6) is 0 Å². The molecule has 3 rings (SSSR count). The number of benzene rings is 2. The summed E-state index contributed by atoms with van der Waals surface area (Å²) in [7, 11) is -3.81. The molecule has 0 saturated heterocycles. The number of hydrogen-bond donors (Lipinski definition) is 2. The molecule has 40 heavy (non-hydrogen) atoms. The number of ether oxygens (including phenoxy) is 1. The van der Waals surface area contributed by atoms with Crippen LogP contribution in [0.2, 0.25) is 0 Å². The van der Waals surface area contributed by atoms with Crippen molar-refractivity contribution in [3.63, 3.8) is 0 Å². The van der Waals surface area contributed by atoms with Crippen LogP contribution in [-0.2, 0) is 35.6 Å². The van der Waals surface area contributed by atoms with Crippen LogP contribution in [-0.4, -0.2) is 77.6 Å². The highest BCUT2D eigenvalue weighted by atomic mass is 32.2. The molecule has 0 fully saturated rings. The van der Waals surface area contributed by atoms with E-state index in [-0.39, 0.29) is 18.0 Å². The van der Waals surface area contributed by atoms with E-state index in [1.165, 1.54) is 11.1 Å². The van der Waals surface area contributed by atoms with Crippen LogP contribution in [0.4, 0.5) is 0 Å². The van der Waals surface area contributed by atoms with Crippen LogP contribution in [0, 0.1) is 5.92 Å². The van der Waals surface area contributed by atoms with Crippen LogP contribution in [0.25, 0.3) is 5.70 Å². The number of sulfonamides is 1. The van der Waals surface area contributed by atoms with E-state index >= 15 is 0 Å². The van der Waals surface area contributed by atoms with Crippen molar-refractivity contribution in [2.75, 3.05) is 12.8 Å². The van der Waals surface area contributed by atoms with Gasteiger partial charge in [-0.2, -0.15) is 0 Å². The van der Waals surface area contributed by atoms with E-state index in [1.807, 2.05) is 6.07 Å². The highest BCUT2D eigenvalue weighted by molar-refractivity contribution is 7.88. The summed E-state index contributed by atoms with van der Waals surface area (Å²) in [5, 5.41) is 13.5. The molecule has 216 valence electrons. The second kappa shape index (κ2) is 13.1. The van der Waals surface area contributed by atoms with Crippen LogP contribution >= 0.6 is 0 Å². The van der Waals surface area contributed by atoms with Crippen molar-refractivity contribution in [2.45, 2.75) is 58.4 Å². The lowest BCUT2D eigenvalue weighted by Gasteiger charge is -2.40. The molecule has 2 amide bonds. The fraction of sp³-hybridized carbons (Fsp3) is 0.414. The predicted octanol–water partition coefficient (Wildman–Crippen LogP) is 2.15. The van der Waals surface area contributed by atoms with Crippen molar-refractivity contribution in [1.82, 2.24) is 14.5 Å². The Morgan fingerprint density at radius 1 is 1.00 bits per heavy atom. The Labute approximate surface area is 235 Å². The van der Waals surface area contributed by atoms with Crippen molar-refractivity contribution >= 4 is 33.5 Å². The number of hydrogen-bond acceptors (Lipinski definition) is 7. The lowest BCUT2D eigenvalue weighted by atomic mass is 9.99. The Balaban J connectivity index is 1.95. The van der Waals surface area contributed by atoms with Crippen molar-refractivity contribution in [1.29, 1.82) is 0 Å². The lowest BCUT2D eigenvalue weighted by molar-refractivity contribution is -0.159. The summed E-state index contributed by atoms with van der Waals surface area (Å²) in [6.45, 7) is 6.30. The number of nitrogens with zero attached hydrogens (tertiary/aromatic N) is 2. The van der Waals surface area contributed by atoms with Crippen LogP contribution < -0.4 is 5.32 Å². The molecule has 11 heteroatoms. The number of aliphatic hydroxyl groups excluding tert-OH is 1. The van der Waals surface area contributed by atoms with E-state index in [9.17, 15) is 27.9 Å². The highest BCUT2D eigenvalue weighted by Gasteiger charge is 2.42. The molecule has 1 aliphatic heterocycles. The van der Waals surface area contributed by atoms with Gasteiger partial charge in [-0.05, 0) is 37.3 Å². The molecule has 1 heterocycles. The van der Waals surface area contributed by atoms with Gasteiger partial charge in [0.15, 0.2) is 6.10 Å². The van der Waals surface area contributed by atoms with Gasteiger partial charge in [0.05, 0.1) is 24.1 Å².